The zero-order valence-electron chi connectivity index (χ0n) is 12.5. The predicted molar refractivity (Wildman–Crippen MR) is 86.5 cm³/mol. The van der Waals surface area contributed by atoms with Gasteiger partial charge in [-0.3, -0.25) is 4.98 Å². The average molecular weight is 289 g/mol. The molecule has 0 amide bonds. The van der Waals surface area contributed by atoms with Crippen molar-refractivity contribution in [1.82, 2.24) is 25.4 Å². The summed E-state index contributed by atoms with van der Waals surface area (Å²) in [6.07, 6.45) is 2.81. The Morgan fingerprint density at radius 3 is 2.59 bits per heavy atom. The molecular weight excluding hydrogens is 274 g/mol. The second-order valence-electron chi connectivity index (χ2n) is 5.41. The number of rotatable bonds is 2. The lowest BCUT2D eigenvalue weighted by Gasteiger charge is -2.07. The number of aromatic nitrogens is 5. The summed E-state index contributed by atoms with van der Waals surface area (Å²) in [7, 11) is 0. The fourth-order valence-corrected chi connectivity index (χ4v) is 2.68. The summed E-state index contributed by atoms with van der Waals surface area (Å²) in [5, 5.41) is 10.9. The van der Waals surface area contributed by atoms with E-state index in [1.807, 2.05) is 24.4 Å². The van der Waals surface area contributed by atoms with Crippen molar-refractivity contribution in [3.63, 3.8) is 0 Å². The average Bonchev–Trinajstić information content (AvgIpc) is 3.00. The Morgan fingerprint density at radius 2 is 1.77 bits per heavy atom. The smallest absolute Gasteiger partial charge is 0.113 e. The first-order chi connectivity index (χ1) is 10.7. The maximum Gasteiger partial charge on any atom is 0.113 e. The lowest BCUT2D eigenvalue weighted by Crippen LogP contribution is -1.92. The highest BCUT2D eigenvalue weighted by atomic mass is 15.3. The molecule has 0 atom stereocenters. The fourth-order valence-electron chi connectivity index (χ4n) is 2.68. The van der Waals surface area contributed by atoms with E-state index in [-0.39, 0.29) is 0 Å². The van der Waals surface area contributed by atoms with Gasteiger partial charge in [0.05, 0.1) is 22.9 Å². The van der Waals surface area contributed by atoms with Gasteiger partial charge in [0.1, 0.15) is 11.0 Å². The van der Waals surface area contributed by atoms with Crippen LogP contribution in [0.5, 0.6) is 0 Å². The number of aryl methyl sites for hydroxylation is 2. The van der Waals surface area contributed by atoms with E-state index in [1.54, 1.807) is 0 Å². The number of hydrogen-bond acceptors (Lipinski definition) is 4. The Balaban J connectivity index is 1.92. The molecule has 0 spiro atoms. The van der Waals surface area contributed by atoms with Crippen LogP contribution in [0.2, 0.25) is 0 Å². The summed E-state index contributed by atoms with van der Waals surface area (Å²) < 4.78 is 0. The number of fused-ring (bicyclic) bond motifs is 2. The van der Waals surface area contributed by atoms with Crippen molar-refractivity contribution in [3.05, 3.63) is 47.7 Å². The van der Waals surface area contributed by atoms with Crippen LogP contribution < -0.4 is 0 Å². The van der Waals surface area contributed by atoms with E-state index >= 15 is 0 Å². The molecule has 5 nitrogen and oxygen atoms in total. The van der Waals surface area contributed by atoms with Crippen molar-refractivity contribution in [1.29, 1.82) is 0 Å². The molecule has 2 heterocycles. The standard InChI is InChI=1S/C17H15N5/c1-3-11-4-5-13-14(7-11)19-17(9-18-13)12-8-16-15(6-10(12)2)20-22-21-16/h4-9H,3H2,1-2H3,(H,20,21,22). The Kier molecular flexibility index (Phi) is 2.85. The highest BCUT2D eigenvalue weighted by Gasteiger charge is 2.09. The minimum absolute atomic E-state index is 0.838. The molecule has 4 rings (SSSR count). The van der Waals surface area contributed by atoms with E-state index < -0.39 is 0 Å². The minimum atomic E-state index is 0.838. The van der Waals surface area contributed by atoms with Crippen molar-refractivity contribution >= 4 is 22.1 Å². The molecule has 108 valence electrons. The summed E-state index contributed by atoms with van der Waals surface area (Å²) in [5.74, 6) is 0. The molecule has 0 saturated carbocycles. The molecular formula is C17H15N5. The molecule has 0 saturated heterocycles. The minimum Gasteiger partial charge on any atom is -0.252 e. The van der Waals surface area contributed by atoms with Gasteiger partial charge in [-0.25, -0.2) is 4.98 Å². The molecule has 0 aliphatic heterocycles. The monoisotopic (exact) mass is 289 g/mol. The number of nitrogens with zero attached hydrogens (tertiary/aromatic N) is 4. The Bertz CT molecular complexity index is 987. The van der Waals surface area contributed by atoms with E-state index in [0.29, 0.717) is 0 Å². The maximum absolute atomic E-state index is 4.79. The van der Waals surface area contributed by atoms with Gasteiger partial charge in [-0.2, -0.15) is 15.4 Å². The van der Waals surface area contributed by atoms with Gasteiger partial charge in [0, 0.05) is 5.56 Å². The van der Waals surface area contributed by atoms with E-state index in [0.717, 1.165) is 45.3 Å². The van der Waals surface area contributed by atoms with Crippen LogP contribution in [0.15, 0.2) is 36.5 Å². The van der Waals surface area contributed by atoms with Crippen molar-refractivity contribution in [2.24, 2.45) is 0 Å². The van der Waals surface area contributed by atoms with Gasteiger partial charge in [0.2, 0.25) is 0 Å². The van der Waals surface area contributed by atoms with Crippen LogP contribution in [-0.4, -0.2) is 25.4 Å². The van der Waals surface area contributed by atoms with Crippen LogP contribution in [0.3, 0.4) is 0 Å². The lowest BCUT2D eigenvalue weighted by molar-refractivity contribution is 0.959. The van der Waals surface area contributed by atoms with Gasteiger partial charge >= 0.3 is 0 Å². The summed E-state index contributed by atoms with van der Waals surface area (Å²) in [6.45, 7) is 4.19. The van der Waals surface area contributed by atoms with E-state index in [4.69, 9.17) is 4.98 Å². The molecule has 0 fully saturated rings. The van der Waals surface area contributed by atoms with Crippen LogP contribution in [0.25, 0.3) is 33.3 Å². The quantitative estimate of drug-likeness (QED) is 0.614. The fraction of sp³-hybridized carbons (Fsp3) is 0.176. The molecule has 0 bridgehead atoms. The normalized spacial score (nSPS) is 11.4. The summed E-state index contributed by atoms with van der Waals surface area (Å²) >= 11 is 0. The molecule has 0 aliphatic carbocycles. The van der Waals surface area contributed by atoms with Crippen molar-refractivity contribution in [2.45, 2.75) is 20.3 Å². The van der Waals surface area contributed by atoms with Crippen LogP contribution in [0, 0.1) is 6.92 Å². The van der Waals surface area contributed by atoms with E-state index in [1.165, 1.54) is 5.56 Å². The predicted octanol–water partition coefficient (Wildman–Crippen LogP) is 3.44. The molecule has 0 aliphatic rings. The first kappa shape index (κ1) is 12.9. The van der Waals surface area contributed by atoms with Gasteiger partial charge < -0.3 is 0 Å². The van der Waals surface area contributed by atoms with E-state index in [9.17, 15) is 0 Å². The van der Waals surface area contributed by atoms with Crippen molar-refractivity contribution in [2.75, 3.05) is 0 Å². The molecule has 1 N–H and O–H groups in total. The highest BCUT2D eigenvalue weighted by molar-refractivity contribution is 5.84. The SMILES string of the molecule is CCc1ccc2ncc(-c3cc4n[nH]nc4cc3C)nc2c1. The number of aromatic amines is 1. The lowest BCUT2D eigenvalue weighted by atomic mass is 10.0. The Labute approximate surface area is 127 Å². The van der Waals surface area contributed by atoms with Gasteiger partial charge in [-0.05, 0) is 48.7 Å². The molecule has 22 heavy (non-hydrogen) atoms. The number of hydrogen-bond donors (Lipinski definition) is 1. The van der Waals surface area contributed by atoms with Crippen LogP contribution in [-0.2, 0) is 6.42 Å². The Morgan fingerprint density at radius 1 is 0.955 bits per heavy atom. The second-order valence-corrected chi connectivity index (χ2v) is 5.41. The topological polar surface area (TPSA) is 67.3 Å². The van der Waals surface area contributed by atoms with Crippen LogP contribution >= 0.6 is 0 Å². The molecule has 2 aromatic heterocycles. The largest absolute Gasteiger partial charge is 0.252 e. The molecule has 0 radical (unpaired) electrons. The van der Waals surface area contributed by atoms with Crippen LogP contribution in [0.4, 0.5) is 0 Å². The number of benzene rings is 2. The third-order valence-electron chi connectivity index (χ3n) is 3.95. The second kappa shape index (κ2) is 4.87. The number of H-pyrrole nitrogens is 1. The molecule has 0 unspecified atom stereocenters. The molecule has 4 aromatic rings. The van der Waals surface area contributed by atoms with Crippen molar-refractivity contribution < 1.29 is 0 Å². The third-order valence-corrected chi connectivity index (χ3v) is 3.95. The van der Waals surface area contributed by atoms with Gasteiger partial charge in [-0.1, -0.05) is 13.0 Å². The third kappa shape index (κ3) is 2.02. The first-order valence-electron chi connectivity index (χ1n) is 7.32. The van der Waals surface area contributed by atoms with Gasteiger partial charge in [-0.15, -0.1) is 0 Å². The van der Waals surface area contributed by atoms with Gasteiger partial charge in [0.15, 0.2) is 0 Å². The van der Waals surface area contributed by atoms with Crippen molar-refractivity contribution in [3.8, 4) is 11.3 Å². The molecule has 5 heteroatoms. The summed E-state index contributed by atoms with van der Waals surface area (Å²) in [5.41, 5.74) is 7.83. The highest BCUT2D eigenvalue weighted by Crippen LogP contribution is 2.26. The summed E-state index contributed by atoms with van der Waals surface area (Å²) in [4.78, 5) is 9.32. The van der Waals surface area contributed by atoms with Gasteiger partial charge in [0.25, 0.3) is 0 Å². The first-order valence-corrected chi connectivity index (χ1v) is 7.32. The van der Waals surface area contributed by atoms with Crippen LogP contribution in [0.1, 0.15) is 18.1 Å². The Hall–Kier alpha value is -2.82. The number of nitrogens with one attached hydrogen (secondary N) is 1. The maximum atomic E-state index is 4.79. The van der Waals surface area contributed by atoms with E-state index in [2.05, 4.69) is 46.4 Å². The summed E-state index contributed by atoms with van der Waals surface area (Å²) in [6, 6.07) is 10.3. The molecule has 2 aromatic carbocycles. The zero-order chi connectivity index (χ0) is 15.1. The zero-order valence-corrected chi connectivity index (χ0v) is 12.5.